The normalized spacial score (nSPS) is 15.0. The molecule has 0 atom stereocenters. The highest BCUT2D eigenvalue weighted by Gasteiger charge is 1.95. The molecule has 0 heteroatoms. The van der Waals surface area contributed by atoms with E-state index in [9.17, 15) is 0 Å². The zero-order chi connectivity index (χ0) is 6.41. The van der Waals surface area contributed by atoms with E-state index in [4.69, 9.17) is 0 Å². The van der Waals surface area contributed by atoms with Gasteiger partial charge in [-0.2, -0.15) is 0 Å². The lowest BCUT2D eigenvalue weighted by atomic mass is 10.2. The molecule has 1 aliphatic rings. The summed E-state index contributed by atoms with van der Waals surface area (Å²) in [5.41, 5.74) is 0. The van der Waals surface area contributed by atoms with Crippen molar-refractivity contribution in [1.82, 2.24) is 0 Å². The molecule has 1 fully saturated rings. The lowest BCUT2D eigenvalue weighted by Crippen LogP contribution is -1.77. The fraction of sp³-hybridized carbons (Fsp3) is 1.00. The molecule has 0 unspecified atom stereocenters. The second kappa shape index (κ2) is 5.14. The van der Waals surface area contributed by atoms with E-state index in [2.05, 4.69) is 20.8 Å². The maximum Gasteiger partial charge on any atom is -0.0474 e. The van der Waals surface area contributed by atoms with Gasteiger partial charge in [0, 0.05) is 0 Å². The molecular weight excluding hydrogens is 96.1 g/mol. The van der Waals surface area contributed by atoms with Gasteiger partial charge in [0.15, 0.2) is 0 Å². The van der Waals surface area contributed by atoms with E-state index in [0.717, 1.165) is 5.92 Å². The highest BCUT2D eigenvalue weighted by Crippen LogP contribution is 2.14. The summed E-state index contributed by atoms with van der Waals surface area (Å²) in [5, 5.41) is 0. The minimum absolute atomic E-state index is 0.884. The van der Waals surface area contributed by atoms with Gasteiger partial charge >= 0.3 is 0 Å². The van der Waals surface area contributed by atoms with Crippen LogP contribution in [0.25, 0.3) is 0 Å². The lowest BCUT2D eigenvalue weighted by molar-refractivity contribution is 0.626. The number of hydrogen-bond donors (Lipinski definition) is 0. The monoisotopic (exact) mass is 114 g/mol. The maximum atomic E-state index is 2.22. The molecule has 0 aromatic heterocycles. The average molecular weight is 114 g/mol. The van der Waals surface area contributed by atoms with Crippen LogP contribution in [0.4, 0.5) is 0 Å². The van der Waals surface area contributed by atoms with Crippen molar-refractivity contribution in [2.45, 2.75) is 46.5 Å². The van der Waals surface area contributed by atoms with Gasteiger partial charge in [0.1, 0.15) is 0 Å². The Morgan fingerprint density at radius 3 is 1.38 bits per heavy atom. The van der Waals surface area contributed by atoms with Crippen LogP contribution in [-0.2, 0) is 0 Å². The van der Waals surface area contributed by atoms with Crippen LogP contribution in [-0.4, -0.2) is 0 Å². The fourth-order valence-electron chi connectivity index (χ4n) is 0. The molecule has 0 aromatic carbocycles. The third-order valence-electron chi connectivity index (χ3n) is 1.17. The van der Waals surface area contributed by atoms with Gasteiger partial charge in [-0.05, 0) is 5.92 Å². The molecular formula is C8H18. The quantitative estimate of drug-likeness (QED) is 0.491. The largest absolute Gasteiger partial charge is 0.0651 e. The summed E-state index contributed by atoms with van der Waals surface area (Å²) in [4.78, 5) is 0. The number of hydrogen-bond acceptors (Lipinski definition) is 0. The molecule has 0 nitrogen and oxygen atoms in total. The van der Waals surface area contributed by atoms with Crippen molar-refractivity contribution in [1.29, 1.82) is 0 Å². The molecule has 1 aliphatic carbocycles. The van der Waals surface area contributed by atoms with Gasteiger partial charge in [-0.25, -0.2) is 0 Å². The van der Waals surface area contributed by atoms with Gasteiger partial charge in [0.25, 0.3) is 0 Å². The molecule has 0 amide bonds. The smallest absolute Gasteiger partial charge is 0.0474 e. The minimum Gasteiger partial charge on any atom is -0.0651 e. The summed E-state index contributed by atoms with van der Waals surface area (Å²) in [5.74, 6) is 0.884. The van der Waals surface area contributed by atoms with Crippen molar-refractivity contribution >= 4 is 0 Å². The first-order valence-corrected chi connectivity index (χ1v) is 3.77. The van der Waals surface area contributed by atoms with Crippen molar-refractivity contribution < 1.29 is 0 Å². The minimum atomic E-state index is 0.884. The van der Waals surface area contributed by atoms with E-state index in [1.165, 1.54) is 25.7 Å². The highest BCUT2D eigenvalue weighted by atomic mass is 14.0. The highest BCUT2D eigenvalue weighted by molar-refractivity contribution is 4.50. The second-order valence-corrected chi connectivity index (χ2v) is 2.86. The molecule has 0 saturated heterocycles. The molecule has 0 aromatic rings. The third kappa shape index (κ3) is 16.7. The summed E-state index contributed by atoms with van der Waals surface area (Å²) < 4.78 is 0. The van der Waals surface area contributed by atoms with Crippen molar-refractivity contribution in [3.63, 3.8) is 0 Å². The molecule has 1 rings (SSSR count). The summed E-state index contributed by atoms with van der Waals surface area (Å²) in [6.07, 6.45) is 5.81. The topological polar surface area (TPSA) is 0 Å². The van der Waals surface area contributed by atoms with E-state index >= 15 is 0 Å². The van der Waals surface area contributed by atoms with Gasteiger partial charge in [-0.15, -0.1) is 0 Å². The zero-order valence-electron chi connectivity index (χ0n) is 6.41. The van der Waals surface area contributed by atoms with Crippen molar-refractivity contribution in [2.75, 3.05) is 0 Å². The zero-order valence-corrected chi connectivity index (χ0v) is 6.41. The van der Waals surface area contributed by atoms with E-state index in [-0.39, 0.29) is 0 Å². The van der Waals surface area contributed by atoms with Crippen LogP contribution in [0.2, 0.25) is 0 Å². The first-order chi connectivity index (χ1) is 3.77. The predicted molar refractivity (Wildman–Crippen MR) is 39.0 cm³/mol. The van der Waals surface area contributed by atoms with Gasteiger partial charge < -0.3 is 0 Å². The van der Waals surface area contributed by atoms with Crippen molar-refractivity contribution in [3.05, 3.63) is 0 Å². The maximum absolute atomic E-state index is 2.22. The Labute approximate surface area is 53.3 Å². The summed E-state index contributed by atoms with van der Waals surface area (Å²) >= 11 is 0. The molecule has 50 valence electrons. The molecule has 1 saturated carbocycles. The Morgan fingerprint density at radius 1 is 1.12 bits per heavy atom. The molecule has 8 heavy (non-hydrogen) atoms. The predicted octanol–water partition coefficient (Wildman–Crippen LogP) is 3.22. The molecule has 0 N–H and O–H groups in total. The van der Waals surface area contributed by atoms with Gasteiger partial charge in [0.05, 0.1) is 0 Å². The van der Waals surface area contributed by atoms with Crippen LogP contribution >= 0.6 is 0 Å². The Kier molecular flexibility index (Phi) is 5.14. The Morgan fingerprint density at radius 2 is 1.38 bits per heavy atom. The van der Waals surface area contributed by atoms with Gasteiger partial charge in [-0.3, -0.25) is 0 Å². The molecule has 0 spiro atoms. The van der Waals surface area contributed by atoms with Crippen LogP contribution in [0.3, 0.4) is 0 Å². The van der Waals surface area contributed by atoms with E-state index in [1.807, 2.05) is 0 Å². The Hall–Kier alpha value is 0. The van der Waals surface area contributed by atoms with E-state index in [0.29, 0.717) is 0 Å². The van der Waals surface area contributed by atoms with Crippen LogP contribution in [0.1, 0.15) is 46.5 Å². The summed E-state index contributed by atoms with van der Waals surface area (Å²) in [7, 11) is 0. The lowest BCUT2D eigenvalue weighted by Gasteiger charge is -1.90. The first-order valence-electron chi connectivity index (χ1n) is 3.77. The van der Waals surface area contributed by atoms with E-state index in [1.54, 1.807) is 0 Å². The van der Waals surface area contributed by atoms with Crippen LogP contribution in [0.15, 0.2) is 0 Å². The molecule has 0 aliphatic heterocycles. The van der Waals surface area contributed by atoms with Crippen LogP contribution in [0, 0.1) is 5.92 Å². The molecule has 0 radical (unpaired) electrons. The first kappa shape index (κ1) is 8.00. The Bertz CT molecular complexity index is 32.5. The third-order valence-corrected chi connectivity index (χ3v) is 1.17. The molecule has 0 bridgehead atoms. The van der Waals surface area contributed by atoms with Crippen molar-refractivity contribution in [2.24, 2.45) is 5.92 Å². The van der Waals surface area contributed by atoms with Crippen LogP contribution in [0.5, 0.6) is 0 Å². The summed E-state index contributed by atoms with van der Waals surface area (Å²) in [6.45, 7) is 6.64. The molecule has 0 heterocycles. The number of rotatable bonds is 1. The van der Waals surface area contributed by atoms with Gasteiger partial charge in [-0.1, -0.05) is 46.5 Å². The second-order valence-electron chi connectivity index (χ2n) is 2.86. The summed E-state index contributed by atoms with van der Waals surface area (Å²) in [6, 6.07) is 0. The van der Waals surface area contributed by atoms with E-state index < -0.39 is 0 Å². The standard InChI is InChI=1S/C5H12.C3H6/c1-4-5(2)3;1-2-3-1/h5H,4H2,1-3H3;1-3H2. The van der Waals surface area contributed by atoms with Crippen molar-refractivity contribution in [3.8, 4) is 0 Å². The Balaban J connectivity index is 0.000000135. The average Bonchev–Trinajstić information content (AvgIpc) is 2.48. The SMILES string of the molecule is C1CC1.CCC(C)C. The fourth-order valence-corrected chi connectivity index (χ4v) is 0. The van der Waals surface area contributed by atoms with Gasteiger partial charge in [0.2, 0.25) is 0 Å². The van der Waals surface area contributed by atoms with Crippen LogP contribution < -0.4 is 0 Å².